The van der Waals surface area contributed by atoms with Gasteiger partial charge in [0.2, 0.25) is 5.91 Å². The van der Waals surface area contributed by atoms with E-state index in [1.807, 2.05) is 36.4 Å². The van der Waals surface area contributed by atoms with Gasteiger partial charge in [-0.15, -0.1) is 0 Å². The van der Waals surface area contributed by atoms with E-state index in [0.29, 0.717) is 36.3 Å². The molecule has 1 aliphatic rings. The first-order valence-corrected chi connectivity index (χ1v) is 7.99. The molecule has 0 fully saturated rings. The summed E-state index contributed by atoms with van der Waals surface area (Å²) in [5, 5.41) is 3.39. The Bertz CT molecular complexity index is 688. The van der Waals surface area contributed by atoms with Crippen LogP contribution in [0.4, 0.5) is 0 Å². The van der Waals surface area contributed by atoms with Gasteiger partial charge in [0, 0.05) is 13.0 Å². The summed E-state index contributed by atoms with van der Waals surface area (Å²) in [4.78, 5) is 12.1. The first-order chi connectivity index (χ1) is 11.2. The number of benzene rings is 2. The Morgan fingerprint density at radius 2 is 1.87 bits per heavy atom. The Balaban J connectivity index is 1.64. The van der Waals surface area contributed by atoms with Crippen molar-refractivity contribution in [2.24, 2.45) is 0 Å². The highest BCUT2D eigenvalue weighted by atomic mass is 35.5. The lowest BCUT2D eigenvalue weighted by Gasteiger charge is -2.12. The third-order valence-electron chi connectivity index (χ3n) is 3.56. The molecule has 0 bridgehead atoms. The zero-order chi connectivity index (χ0) is 16.1. The molecule has 4 nitrogen and oxygen atoms in total. The molecule has 23 heavy (non-hydrogen) atoms. The van der Waals surface area contributed by atoms with E-state index in [1.165, 1.54) is 0 Å². The lowest BCUT2D eigenvalue weighted by molar-refractivity contribution is -0.120. The molecule has 2 aromatic rings. The fraction of sp³-hybridized carbons (Fsp3) is 0.278. The summed E-state index contributed by atoms with van der Waals surface area (Å²) in [5.74, 6) is 1.12. The molecule has 0 saturated heterocycles. The maximum absolute atomic E-state index is 12.1. The highest BCUT2D eigenvalue weighted by Crippen LogP contribution is 2.38. The average molecular weight is 332 g/mol. The molecule has 5 heteroatoms. The van der Waals surface area contributed by atoms with Crippen LogP contribution >= 0.6 is 11.6 Å². The molecule has 0 aliphatic carbocycles. The number of carbonyl (C=O) groups is 1. The van der Waals surface area contributed by atoms with E-state index in [2.05, 4.69) is 5.32 Å². The Morgan fingerprint density at radius 3 is 2.70 bits per heavy atom. The first-order valence-electron chi connectivity index (χ1n) is 7.61. The summed E-state index contributed by atoms with van der Waals surface area (Å²) in [6.07, 6.45) is 1.07. The second-order valence-electron chi connectivity index (χ2n) is 5.39. The smallest absolute Gasteiger partial charge is 0.224 e. The van der Waals surface area contributed by atoms with Gasteiger partial charge in [-0.1, -0.05) is 41.9 Å². The van der Waals surface area contributed by atoms with E-state index in [9.17, 15) is 4.79 Å². The highest BCUT2D eigenvalue weighted by molar-refractivity contribution is 6.32. The molecular formula is C18H18ClNO3. The van der Waals surface area contributed by atoms with Gasteiger partial charge in [-0.3, -0.25) is 4.79 Å². The molecule has 0 spiro atoms. The van der Waals surface area contributed by atoms with Crippen LogP contribution in [0.2, 0.25) is 5.02 Å². The summed E-state index contributed by atoms with van der Waals surface area (Å²) >= 11 is 6.24. The topological polar surface area (TPSA) is 47.6 Å². The van der Waals surface area contributed by atoms with Crippen LogP contribution in [0.1, 0.15) is 17.5 Å². The maximum Gasteiger partial charge on any atom is 0.224 e. The van der Waals surface area contributed by atoms with Crippen LogP contribution in [0.15, 0.2) is 42.5 Å². The minimum absolute atomic E-state index is 0.0561. The predicted molar refractivity (Wildman–Crippen MR) is 89.1 cm³/mol. The molecule has 0 radical (unpaired) electrons. The van der Waals surface area contributed by atoms with Crippen LogP contribution in [-0.4, -0.2) is 19.1 Å². The summed E-state index contributed by atoms with van der Waals surface area (Å²) < 4.78 is 11.2. The Kier molecular flexibility index (Phi) is 5.03. The summed E-state index contributed by atoms with van der Waals surface area (Å²) in [6, 6.07) is 13.4. The molecule has 0 aromatic heterocycles. The molecule has 3 rings (SSSR count). The molecule has 1 aliphatic heterocycles. The number of nitrogens with one attached hydrogen (secondary N) is 1. The number of rotatable bonds is 4. The van der Waals surface area contributed by atoms with Crippen LogP contribution in [0, 0.1) is 0 Å². The van der Waals surface area contributed by atoms with E-state index in [0.717, 1.165) is 17.5 Å². The fourth-order valence-electron chi connectivity index (χ4n) is 2.43. The molecule has 0 saturated carbocycles. The van der Waals surface area contributed by atoms with Crippen molar-refractivity contribution in [2.45, 2.75) is 19.4 Å². The van der Waals surface area contributed by atoms with Gasteiger partial charge in [-0.25, -0.2) is 0 Å². The maximum atomic E-state index is 12.1. The number of ether oxygens (including phenoxy) is 2. The van der Waals surface area contributed by atoms with Gasteiger partial charge in [0.1, 0.15) is 0 Å². The average Bonchev–Trinajstić information content (AvgIpc) is 2.80. The van der Waals surface area contributed by atoms with Crippen LogP contribution < -0.4 is 14.8 Å². The lowest BCUT2D eigenvalue weighted by Crippen LogP contribution is -2.24. The molecule has 0 atom stereocenters. The van der Waals surface area contributed by atoms with Gasteiger partial charge in [0.25, 0.3) is 0 Å². The molecule has 1 amide bonds. The third-order valence-corrected chi connectivity index (χ3v) is 3.84. The Morgan fingerprint density at radius 1 is 1.09 bits per heavy atom. The quantitative estimate of drug-likeness (QED) is 0.934. The van der Waals surface area contributed by atoms with Crippen molar-refractivity contribution >= 4 is 17.5 Å². The van der Waals surface area contributed by atoms with E-state index in [1.54, 1.807) is 6.07 Å². The zero-order valence-corrected chi connectivity index (χ0v) is 13.4. The van der Waals surface area contributed by atoms with Gasteiger partial charge in [-0.05, 0) is 23.3 Å². The van der Waals surface area contributed by atoms with Crippen molar-refractivity contribution in [1.29, 1.82) is 0 Å². The third kappa shape index (κ3) is 4.17. The molecule has 120 valence electrons. The summed E-state index contributed by atoms with van der Waals surface area (Å²) in [7, 11) is 0. The molecule has 1 heterocycles. The Hall–Kier alpha value is -2.20. The molecule has 1 N–H and O–H groups in total. The number of hydrogen-bond donors (Lipinski definition) is 1. The second kappa shape index (κ2) is 7.38. The van der Waals surface area contributed by atoms with Crippen molar-refractivity contribution in [2.75, 3.05) is 13.2 Å². The first kappa shape index (κ1) is 15.7. The van der Waals surface area contributed by atoms with Crippen molar-refractivity contribution in [1.82, 2.24) is 5.32 Å². The number of fused-ring (bicyclic) bond motifs is 1. The van der Waals surface area contributed by atoms with Gasteiger partial charge in [-0.2, -0.15) is 0 Å². The minimum Gasteiger partial charge on any atom is -0.489 e. The molecular weight excluding hydrogens is 314 g/mol. The van der Waals surface area contributed by atoms with Crippen LogP contribution in [-0.2, 0) is 17.8 Å². The van der Waals surface area contributed by atoms with Crippen LogP contribution in [0.3, 0.4) is 0 Å². The number of halogens is 1. The molecule has 2 aromatic carbocycles. The van der Waals surface area contributed by atoms with Gasteiger partial charge in [0.15, 0.2) is 11.5 Å². The monoisotopic (exact) mass is 331 g/mol. The normalized spacial score (nSPS) is 13.3. The summed E-state index contributed by atoms with van der Waals surface area (Å²) in [5.41, 5.74) is 1.88. The predicted octanol–water partition coefficient (Wildman–Crippen LogP) is 3.36. The zero-order valence-electron chi connectivity index (χ0n) is 12.7. The summed E-state index contributed by atoms with van der Waals surface area (Å²) in [6.45, 7) is 1.69. The van der Waals surface area contributed by atoms with Gasteiger partial charge < -0.3 is 14.8 Å². The highest BCUT2D eigenvalue weighted by Gasteiger charge is 2.16. The van der Waals surface area contributed by atoms with Gasteiger partial charge >= 0.3 is 0 Å². The van der Waals surface area contributed by atoms with E-state index >= 15 is 0 Å². The van der Waals surface area contributed by atoms with E-state index < -0.39 is 0 Å². The number of hydrogen-bond acceptors (Lipinski definition) is 3. The van der Waals surface area contributed by atoms with Crippen LogP contribution in [0.5, 0.6) is 11.5 Å². The van der Waals surface area contributed by atoms with Crippen molar-refractivity contribution < 1.29 is 14.3 Å². The fourth-order valence-corrected chi connectivity index (χ4v) is 2.72. The standard InChI is InChI=1S/C18H18ClNO3/c19-15-9-14(10-16-18(15)23-8-4-7-22-16)11-17(21)20-12-13-5-2-1-3-6-13/h1-3,5-6,9-10H,4,7-8,11-12H2,(H,20,21). The van der Waals surface area contributed by atoms with E-state index in [-0.39, 0.29) is 12.3 Å². The van der Waals surface area contributed by atoms with Gasteiger partial charge in [0.05, 0.1) is 24.7 Å². The Labute approximate surface area is 140 Å². The van der Waals surface area contributed by atoms with Crippen molar-refractivity contribution in [3.63, 3.8) is 0 Å². The minimum atomic E-state index is -0.0561. The van der Waals surface area contributed by atoms with Crippen LogP contribution in [0.25, 0.3) is 0 Å². The molecule has 0 unspecified atom stereocenters. The van der Waals surface area contributed by atoms with E-state index in [4.69, 9.17) is 21.1 Å². The number of carbonyl (C=O) groups excluding carboxylic acids is 1. The second-order valence-corrected chi connectivity index (χ2v) is 5.80. The lowest BCUT2D eigenvalue weighted by atomic mass is 10.1. The largest absolute Gasteiger partial charge is 0.489 e. The van der Waals surface area contributed by atoms with Crippen molar-refractivity contribution in [3.8, 4) is 11.5 Å². The van der Waals surface area contributed by atoms with Crippen molar-refractivity contribution in [3.05, 3.63) is 58.6 Å². The SMILES string of the molecule is O=C(Cc1cc(Cl)c2c(c1)OCCCO2)NCc1ccccc1. The number of amides is 1.